The zero-order valence-electron chi connectivity index (χ0n) is 13.2. The van der Waals surface area contributed by atoms with E-state index in [1.165, 1.54) is 10.9 Å². The first kappa shape index (κ1) is 16.8. The van der Waals surface area contributed by atoms with E-state index >= 15 is 0 Å². The number of nitrogens with two attached hydrogens (primary N) is 1. The molecule has 1 heterocycles. The Balaban J connectivity index is 2.19. The number of hydrogen-bond acceptors (Lipinski definition) is 4. The highest BCUT2D eigenvalue weighted by Crippen LogP contribution is 2.25. The number of ether oxygens (including phenoxy) is 1. The zero-order chi connectivity index (χ0) is 17.0. The molecule has 0 atom stereocenters. The number of nitrogens with zero attached hydrogens (tertiary/aromatic N) is 2. The Morgan fingerprint density at radius 3 is 2.70 bits per heavy atom. The number of aromatic nitrogens is 2. The third-order valence-corrected chi connectivity index (χ3v) is 3.43. The Bertz CT molecular complexity index is 741. The van der Waals surface area contributed by atoms with Gasteiger partial charge in [0.2, 0.25) is 0 Å². The number of hydrogen-bond donors (Lipinski definition) is 3. The summed E-state index contributed by atoms with van der Waals surface area (Å²) in [5.41, 5.74) is 7.95. The number of methoxy groups -OCH3 is 1. The lowest BCUT2D eigenvalue weighted by molar-refractivity contribution is 0.0991. The summed E-state index contributed by atoms with van der Waals surface area (Å²) in [6, 6.07) is 5.71. The highest BCUT2D eigenvalue weighted by Gasteiger charge is 2.16. The first-order valence-electron chi connectivity index (χ1n) is 7.04. The quantitative estimate of drug-likeness (QED) is 0.726. The minimum Gasteiger partial charge on any atom is -0.495 e. The van der Waals surface area contributed by atoms with Gasteiger partial charge < -0.3 is 21.1 Å². The van der Waals surface area contributed by atoms with Crippen molar-refractivity contribution in [1.29, 1.82) is 0 Å². The van der Waals surface area contributed by atoms with Gasteiger partial charge in [-0.25, -0.2) is 0 Å². The molecular formula is C15H19N5O2S. The second-order valence-electron chi connectivity index (χ2n) is 4.87. The average molecular weight is 333 g/mol. The van der Waals surface area contributed by atoms with Crippen molar-refractivity contribution in [2.45, 2.75) is 20.4 Å². The van der Waals surface area contributed by atoms with Crippen LogP contribution in [-0.4, -0.2) is 27.9 Å². The van der Waals surface area contributed by atoms with Crippen LogP contribution in [-0.2, 0) is 6.54 Å². The lowest BCUT2D eigenvalue weighted by Crippen LogP contribution is -2.23. The van der Waals surface area contributed by atoms with Crippen molar-refractivity contribution in [2.75, 3.05) is 17.7 Å². The summed E-state index contributed by atoms with van der Waals surface area (Å²) in [4.78, 5) is 11.6. The zero-order valence-corrected chi connectivity index (χ0v) is 14.0. The molecular weight excluding hydrogens is 314 g/mol. The molecule has 122 valence electrons. The van der Waals surface area contributed by atoms with Gasteiger partial charge in [-0.2, -0.15) is 5.10 Å². The normalized spacial score (nSPS) is 10.2. The predicted octanol–water partition coefficient (Wildman–Crippen LogP) is 2.13. The minimum absolute atomic E-state index is 0.285. The molecule has 7 nitrogen and oxygen atoms in total. The number of thiocarbonyl (C=S) groups is 1. The molecule has 8 heteroatoms. The molecule has 0 spiro atoms. The third-order valence-electron chi connectivity index (χ3n) is 3.22. The molecule has 0 aliphatic heterocycles. The fourth-order valence-corrected chi connectivity index (χ4v) is 2.39. The molecule has 0 saturated carbocycles. The molecule has 0 saturated heterocycles. The fourth-order valence-electron chi connectivity index (χ4n) is 2.17. The molecule has 1 aromatic carbocycles. The monoisotopic (exact) mass is 333 g/mol. The van der Waals surface area contributed by atoms with Gasteiger partial charge in [0.15, 0.2) is 5.11 Å². The van der Waals surface area contributed by atoms with Gasteiger partial charge in [0.05, 0.1) is 24.7 Å². The largest absolute Gasteiger partial charge is 0.495 e. The average Bonchev–Trinajstić information content (AvgIpc) is 2.90. The smallest absolute Gasteiger partial charge is 0.269 e. The van der Waals surface area contributed by atoms with Crippen molar-refractivity contribution in [2.24, 2.45) is 5.73 Å². The number of anilines is 2. The Morgan fingerprint density at radius 2 is 2.09 bits per heavy atom. The van der Waals surface area contributed by atoms with Crippen LogP contribution in [0.2, 0.25) is 0 Å². The summed E-state index contributed by atoms with van der Waals surface area (Å²) < 4.78 is 6.81. The first-order chi connectivity index (χ1) is 11.0. The van der Waals surface area contributed by atoms with Crippen molar-refractivity contribution < 1.29 is 9.53 Å². The van der Waals surface area contributed by atoms with Crippen molar-refractivity contribution in [3.8, 4) is 5.75 Å². The van der Waals surface area contributed by atoms with E-state index in [0.717, 1.165) is 11.3 Å². The van der Waals surface area contributed by atoms with E-state index in [-0.39, 0.29) is 5.69 Å². The second-order valence-corrected chi connectivity index (χ2v) is 5.28. The van der Waals surface area contributed by atoms with Crippen LogP contribution in [0, 0.1) is 6.92 Å². The van der Waals surface area contributed by atoms with Gasteiger partial charge in [0, 0.05) is 6.54 Å². The summed E-state index contributed by atoms with van der Waals surface area (Å²) in [5.74, 6) is 0.0990. The predicted molar refractivity (Wildman–Crippen MR) is 94.0 cm³/mol. The number of primary amides is 1. The van der Waals surface area contributed by atoms with E-state index in [4.69, 9.17) is 22.7 Å². The maximum atomic E-state index is 11.6. The van der Waals surface area contributed by atoms with Crippen LogP contribution in [0.15, 0.2) is 24.4 Å². The van der Waals surface area contributed by atoms with Gasteiger partial charge in [-0.15, -0.1) is 0 Å². The van der Waals surface area contributed by atoms with E-state index < -0.39 is 5.91 Å². The number of rotatable bonds is 5. The molecule has 23 heavy (non-hydrogen) atoms. The fraction of sp³-hybridized carbons (Fsp3) is 0.267. The SMILES string of the molecule is CCn1ncc(NC(=S)Nc2cc(C)ccc2OC)c1C(N)=O. The molecule has 0 aliphatic rings. The van der Waals surface area contributed by atoms with E-state index in [1.807, 2.05) is 32.0 Å². The number of carbonyl (C=O) groups is 1. The van der Waals surface area contributed by atoms with Crippen LogP contribution in [0.5, 0.6) is 5.75 Å². The molecule has 2 rings (SSSR count). The minimum atomic E-state index is -0.567. The molecule has 0 fully saturated rings. The summed E-state index contributed by atoms with van der Waals surface area (Å²) in [6.07, 6.45) is 1.52. The van der Waals surface area contributed by atoms with Crippen molar-refractivity contribution in [3.05, 3.63) is 35.7 Å². The topological polar surface area (TPSA) is 94.2 Å². The van der Waals surface area contributed by atoms with Crippen molar-refractivity contribution >= 4 is 34.6 Å². The van der Waals surface area contributed by atoms with E-state index in [1.54, 1.807) is 7.11 Å². The van der Waals surface area contributed by atoms with E-state index in [9.17, 15) is 4.79 Å². The van der Waals surface area contributed by atoms with E-state index in [2.05, 4.69) is 15.7 Å². The molecule has 1 aromatic heterocycles. The highest BCUT2D eigenvalue weighted by atomic mass is 32.1. The van der Waals surface area contributed by atoms with Crippen LogP contribution < -0.4 is 21.1 Å². The standard InChI is InChI=1S/C15H19N5O2S/c1-4-20-13(14(16)21)11(8-17-20)19-15(23)18-10-7-9(2)5-6-12(10)22-3/h5-8H,4H2,1-3H3,(H2,16,21)(H2,18,19,23). The van der Waals surface area contributed by atoms with Gasteiger partial charge in [0.1, 0.15) is 11.4 Å². The van der Waals surface area contributed by atoms with Crippen LogP contribution in [0.25, 0.3) is 0 Å². The Hall–Kier alpha value is -2.61. The Labute approximate surface area is 139 Å². The molecule has 0 bridgehead atoms. The van der Waals surface area contributed by atoms with Crippen LogP contribution in [0.3, 0.4) is 0 Å². The second kappa shape index (κ2) is 7.10. The van der Waals surface area contributed by atoms with Gasteiger partial charge in [-0.05, 0) is 43.8 Å². The maximum absolute atomic E-state index is 11.6. The van der Waals surface area contributed by atoms with Crippen LogP contribution in [0.1, 0.15) is 23.0 Å². The number of carbonyl (C=O) groups excluding carboxylic acids is 1. The van der Waals surface area contributed by atoms with Crippen molar-refractivity contribution in [1.82, 2.24) is 9.78 Å². The molecule has 0 radical (unpaired) electrons. The Morgan fingerprint density at radius 1 is 1.39 bits per heavy atom. The molecule has 1 amide bonds. The molecule has 0 aliphatic carbocycles. The summed E-state index contributed by atoms with van der Waals surface area (Å²) in [7, 11) is 1.59. The first-order valence-corrected chi connectivity index (χ1v) is 7.45. The summed E-state index contributed by atoms with van der Waals surface area (Å²) in [6.45, 7) is 4.38. The van der Waals surface area contributed by atoms with Crippen LogP contribution in [0.4, 0.5) is 11.4 Å². The van der Waals surface area contributed by atoms with Crippen molar-refractivity contribution in [3.63, 3.8) is 0 Å². The number of nitrogens with one attached hydrogen (secondary N) is 2. The lowest BCUT2D eigenvalue weighted by atomic mass is 10.2. The number of aryl methyl sites for hydroxylation is 2. The van der Waals surface area contributed by atoms with Gasteiger partial charge in [-0.1, -0.05) is 6.07 Å². The van der Waals surface area contributed by atoms with Crippen LogP contribution >= 0.6 is 12.2 Å². The Kier molecular flexibility index (Phi) is 5.17. The van der Waals surface area contributed by atoms with Gasteiger partial charge in [0.25, 0.3) is 5.91 Å². The molecule has 0 unspecified atom stereocenters. The summed E-state index contributed by atoms with van der Waals surface area (Å²) in [5, 5.41) is 10.4. The van der Waals surface area contributed by atoms with Gasteiger partial charge >= 0.3 is 0 Å². The van der Waals surface area contributed by atoms with Gasteiger partial charge in [-0.3, -0.25) is 9.48 Å². The number of amides is 1. The number of benzene rings is 1. The maximum Gasteiger partial charge on any atom is 0.269 e. The highest BCUT2D eigenvalue weighted by molar-refractivity contribution is 7.80. The molecule has 4 N–H and O–H groups in total. The molecule has 2 aromatic rings. The lowest BCUT2D eigenvalue weighted by Gasteiger charge is -2.14. The van der Waals surface area contributed by atoms with E-state index in [0.29, 0.717) is 23.1 Å². The summed E-state index contributed by atoms with van der Waals surface area (Å²) >= 11 is 5.29. The third kappa shape index (κ3) is 3.78.